The van der Waals surface area contributed by atoms with Gasteiger partial charge in [0.25, 0.3) is 0 Å². The van der Waals surface area contributed by atoms with Crippen LogP contribution in [-0.4, -0.2) is 41.8 Å². The lowest BCUT2D eigenvalue weighted by molar-refractivity contribution is -0.424. The summed E-state index contributed by atoms with van der Waals surface area (Å²) < 4.78 is 160. The van der Waals surface area contributed by atoms with Crippen molar-refractivity contribution in [3.63, 3.8) is 0 Å². The average molecular weight is 412 g/mol. The van der Waals surface area contributed by atoms with Crippen molar-refractivity contribution in [3.05, 3.63) is 0 Å². The van der Waals surface area contributed by atoms with Gasteiger partial charge in [-0.25, -0.2) is 0 Å². The van der Waals surface area contributed by atoms with Gasteiger partial charge in [0.1, 0.15) is 0 Å². The van der Waals surface area contributed by atoms with Gasteiger partial charge in [0, 0.05) is 5.92 Å². The van der Waals surface area contributed by atoms with E-state index in [-0.39, 0.29) is 19.3 Å². The van der Waals surface area contributed by atoms with Crippen LogP contribution in [-0.2, 0) is 4.79 Å². The van der Waals surface area contributed by atoms with Crippen molar-refractivity contribution in [2.45, 2.75) is 67.6 Å². The molecule has 0 aromatic rings. The van der Waals surface area contributed by atoms with E-state index in [9.17, 15) is 57.5 Å². The molecule has 0 N–H and O–H groups in total. The first-order valence-corrected chi connectivity index (χ1v) is 7.15. The van der Waals surface area contributed by atoms with Gasteiger partial charge in [0.05, 0.1) is 0 Å². The molecule has 1 aliphatic carbocycles. The van der Waals surface area contributed by atoms with Crippen molar-refractivity contribution < 1.29 is 57.5 Å². The smallest absolute Gasteiger partial charge is 0.296 e. The minimum Gasteiger partial charge on any atom is -0.296 e. The fraction of sp³-hybridized carbons (Fsp3) is 0.923. The highest BCUT2D eigenvalue weighted by molar-refractivity contribution is 5.62. The van der Waals surface area contributed by atoms with Gasteiger partial charge >= 0.3 is 35.5 Å². The second-order valence-electron chi connectivity index (χ2n) is 6.00. The molecule has 154 valence electrons. The molecule has 1 saturated carbocycles. The van der Waals surface area contributed by atoms with Gasteiger partial charge in [-0.1, -0.05) is 19.3 Å². The van der Waals surface area contributed by atoms with Gasteiger partial charge in [-0.2, -0.15) is 52.7 Å². The number of halogens is 12. The van der Waals surface area contributed by atoms with E-state index in [4.69, 9.17) is 0 Å². The van der Waals surface area contributed by atoms with E-state index < -0.39 is 60.6 Å². The Bertz CT molecular complexity index is 521. The fourth-order valence-electron chi connectivity index (χ4n) is 2.61. The molecule has 1 aliphatic rings. The molecule has 1 rings (SSSR count). The van der Waals surface area contributed by atoms with Crippen LogP contribution in [0.25, 0.3) is 0 Å². The van der Waals surface area contributed by atoms with Crippen LogP contribution < -0.4 is 0 Å². The van der Waals surface area contributed by atoms with Crippen LogP contribution >= 0.6 is 0 Å². The van der Waals surface area contributed by atoms with E-state index in [1.165, 1.54) is 0 Å². The normalized spacial score (nSPS) is 19.5. The van der Waals surface area contributed by atoms with Crippen LogP contribution in [0.5, 0.6) is 0 Å². The summed E-state index contributed by atoms with van der Waals surface area (Å²) in [7, 11) is 0. The predicted octanol–water partition coefficient (Wildman–Crippen LogP) is 5.58. The Morgan fingerprint density at radius 2 is 0.962 bits per heavy atom. The molecule has 1 fully saturated rings. The van der Waals surface area contributed by atoms with Crippen molar-refractivity contribution in [2.75, 3.05) is 0 Å². The van der Waals surface area contributed by atoms with Crippen LogP contribution in [0.1, 0.15) is 32.1 Å². The first-order valence-electron chi connectivity index (χ1n) is 7.15. The Balaban J connectivity index is 3.41. The number of carbonyl (C=O) groups excluding carboxylic acids is 1. The third-order valence-corrected chi connectivity index (χ3v) is 4.29. The van der Waals surface area contributed by atoms with Gasteiger partial charge in [0.2, 0.25) is 0 Å². The third kappa shape index (κ3) is 2.94. The first-order chi connectivity index (χ1) is 11.4. The number of hydrogen-bond acceptors (Lipinski definition) is 1. The van der Waals surface area contributed by atoms with Crippen LogP contribution in [0.2, 0.25) is 0 Å². The zero-order valence-electron chi connectivity index (χ0n) is 12.6. The van der Waals surface area contributed by atoms with E-state index in [0.717, 1.165) is 0 Å². The molecule has 0 aliphatic heterocycles. The lowest BCUT2D eigenvalue weighted by Gasteiger charge is -2.43. The quantitative estimate of drug-likeness (QED) is 0.394. The first kappa shape index (κ1) is 22.9. The van der Waals surface area contributed by atoms with Crippen molar-refractivity contribution >= 4 is 6.29 Å². The molecule has 0 amide bonds. The Kier molecular flexibility index (Phi) is 5.69. The second kappa shape index (κ2) is 6.47. The topological polar surface area (TPSA) is 17.1 Å². The Morgan fingerprint density at radius 3 is 1.35 bits per heavy atom. The number of carbonyl (C=O) groups is 1. The highest BCUT2D eigenvalue weighted by Gasteiger charge is 2.90. The molecule has 0 spiro atoms. The number of rotatable bonds is 7. The Morgan fingerprint density at radius 1 is 0.577 bits per heavy atom. The summed E-state index contributed by atoms with van der Waals surface area (Å²) >= 11 is 0. The van der Waals surface area contributed by atoms with E-state index in [0.29, 0.717) is 0 Å². The van der Waals surface area contributed by atoms with Gasteiger partial charge in [-0.15, -0.1) is 0 Å². The average Bonchev–Trinajstić information content (AvgIpc) is 2.54. The summed E-state index contributed by atoms with van der Waals surface area (Å²) in [6.07, 6.45) is -3.69. The maximum atomic E-state index is 13.8. The highest BCUT2D eigenvalue weighted by atomic mass is 19.4. The van der Waals surface area contributed by atoms with Gasteiger partial charge in [-0.05, 0) is 12.8 Å². The number of aldehydes is 1. The van der Waals surface area contributed by atoms with Gasteiger partial charge in [-0.3, -0.25) is 4.79 Å². The van der Waals surface area contributed by atoms with Gasteiger partial charge < -0.3 is 0 Å². The van der Waals surface area contributed by atoms with Crippen molar-refractivity contribution in [1.82, 2.24) is 0 Å². The summed E-state index contributed by atoms with van der Waals surface area (Å²) in [5, 5.41) is 0. The second-order valence-corrected chi connectivity index (χ2v) is 6.00. The summed E-state index contributed by atoms with van der Waals surface area (Å²) in [5.41, 5.74) is 0. The molecule has 26 heavy (non-hydrogen) atoms. The molecule has 0 aromatic heterocycles. The molecular weight excluding hydrogens is 400 g/mol. The molecule has 0 saturated heterocycles. The summed E-state index contributed by atoms with van der Waals surface area (Å²) in [5.74, 6) is -44.6. The van der Waals surface area contributed by atoms with Crippen LogP contribution in [0, 0.1) is 5.92 Å². The maximum absolute atomic E-state index is 13.8. The number of alkyl halides is 12. The minimum absolute atomic E-state index is 0.127. The van der Waals surface area contributed by atoms with Crippen LogP contribution in [0.4, 0.5) is 52.7 Å². The molecule has 0 unspecified atom stereocenters. The fourth-order valence-corrected chi connectivity index (χ4v) is 2.61. The van der Waals surface area contributed by atoms with Crippen LogP contribution in [0.15, 0.2) is 0 Å². The van der Waals surface area contributed by atoms with Crippen molar-refractivity contribution in [1.29, 1.82) is 0 Å². The van der Waals surface area contributed by atoms with Crippen molar-refractivity contribution in [2.24, 2.45) is 5.92 Å². The highest BCUT2D eigenvalue weighted by Crippen LogP contribution is 2.61. The lowest BCUT2D eigenvalue weighted by atomic mass is 9.79. The Labute approximate surface area is 138 Å². The van der Waals surface area contributed by atoms with Crippen molar-refractivity contribution in [3.8, 4) is 0 Å². The zero-order chi connectivity index (χ0) is 20.8. The zero-order valence-corrected chi connectivity index (χ0v) is 12.6. The summed E-state index contributed by atoms with van der Waals surface area (Å²) in [6.45, 7) is 0. The molecule has 13 heteroatoms. The lowest BCUT2D eigenvalue weighted by Crippen LogP contribution is -2.71. The minimum atomic E-state index is -7.66. The molecule has 1 nitrogen and oxygen atoms in total. The molecule has 0 atom stereocenters. The largest absolute Gasteiger partial charge is 0.385 e. The van der Waals surface area contributed by atoms with E-state index in [2.05, 4.69) is 0 Å². The summed E-state index contributed by atoms with van der Waals surface area (Å²) in [6, 6.07) is 0. The van der Waals surface area contributed by atoms with E-state index in [1.54, 1.807) is 0 Å². The van der Waals surface area contributed by atoms with E-state index >= 15 is 0 Å². The number of hydrogen-bond donors (Lipinski definition) is 0. The third-order valence-electron chi connectivity index (χ3n) is 4.29. The molecule has 0 heterocycles. The molecule has 0 bridgehead atoms. The SMILES string of the molecule is O=CC(F)(F)C(F)(F)C(F)(F)C(F)(F)C(F)(F)C(F)(F)C1CCCCC1. The monoisotopic (exact) mass is 412 g/mol. The summed E-state index contributed by atoms with van der Waals surface area (Å²) in [4.78, 5) is 9.80. The van der Waals surface area contributed by atoms with E-state index in [1.807, 2.05) is 0 Å². The molecular formula is C13H12F12O. The molecule has 0 radical (unpaired) electrons. The Hall–Kier alpha value is -1.17. The van der Waals surface area contributed by atoms with Crippen LogP contribution in [0.3, 0.4) is 0 Å². The maximum Gasteiger partial charge on any atom is 0.385 e. The molecule has 0 aromatic carbocycles. The standard InChI is InChI=1S/C13H12F12O/c14-8(15,6-26)10(18,19)12(22,23)13(24,25)11(20,21)9(16,17)7-4-2-1-3-5-7/h6-7H,1-5H2. The predicted molar refractivity (Wildman–Crippen MR) is 62.3 cm³/mol. The van der Waals surface area contributed by atoms with Gasteiger partial charge in [0.15, 0.2) is 6.29 Å².